The molecule has 0 unspecified atom stereocenters. The van der Waals surface area contributed by atoms with Gasteiger partial charge in [-0.2, -0.15) is 0 Å². The van der Waals surface area contributed by atoms with E-state index in [1.165, 1.54) is 18.3 Å². The SMILES string of the molecule is CCOC(=O)CNC(=O)c1ncccc1C(=O)O. The van der Waals surface area contributed by atoms with Gasteiger partial charge >= 0.3 is 11.9 Å². The van der Waals surface area contributed by atoms with Crippen LogP contribution in [0, 0.1) is 0 Å². The third-order valence-electron chi connectivity index (χ3n) is 1.95. The Bertz CT molecular complexity index is 472. The molecule has 1 aromatic rings. The minimum absolute atomic E-state index is 0.207. The zero-order valence-corrected chi connectivity index (χ0v) is 9.67. The number of amides is 1. The zero-order chi connectivity index (χ0) is 13.5. The van der Waals surface area contributed by atoms with E-state index < -0.39 is 17.8 Å². The number of aromatic nitrogens is 1. The van der Waals surface area contributed by atoms with Crippen LogP contribution in [0.5, 0.6) is 0 Å². The third kappa shape index (κ3) is 3.55. The molecule has 1 heterocycles. The Balaban J connectivity index is 2.73. The van der Waals surface area contributed by atoms with Crippen LogP contribution in [0.4, 0.5) is 0 Å². The fraction of sp³-hybridized carbons (Fsp3) is 0.273. The Hall–Kier alpha value is -2.44. The Morgan fingerprint density at radius 3 is 2.78 bits per heavy atom. The molecule has 0 aliphatic rings. The van der Waals surface area contributed by atoms with Crippen molar-refractivity contribution < 1.29 is 24.2 Å². The van der Waals surface area contributed by atoms with Crippen molar-refractivity contribution in [1.29, 1.82) is 0 Å². The number of aromatic carboxylic acids is 1. The van der Waals surface area contributed by atoms with E-state index in [0.717, 1.165) is 0 Å². The smallest absolute Gasteiger partial charge is 0.338 e. The summed E-state index contributed by atoms with van der Waals surface area (Å²) in [6.07, 6.45) is 1.30. The summed E-state index contributed by atoms with van der Waals surface area (Å²) in [6.45, 7) is 1.52. The molecule has 0 fully saturated rings. The molecule has 0 aliphatic carbocycles. The Morgan fingerprint density at radius 1 is 1.44 bits per heavy atom. The van der Waals surface area contributed by atoms with Crippen molar-refractivity contribution in [2.45, 2.75) is 6.92 Å². The van der Waals surface area contributed by atoms with Gasteiger partial charge in [-0.1, -0.05) is 0 Å². The monoisotopic (exact) mass is 252 g/mol. The number of nitrogens with zero attached hydrogens (tertiary/aromatic N) is 1. The van der Waals surface area contributed by atoms with Crippen molar-refractivity contribution in [3.05, 3.63) is 29.6 Å². The first kappa shape index (κ1) is 13.6. The van der Waals surface area contributed by atoms with E-state index in [1.807, 2.05) is 0 Å². The normalized spacial score (nSPS) is 9.61. The van der Waals surface area contributed by atoms with Crippen LogP contribution in [0.2, 0.25) is 0 Å². The van der Waals surface area contributed by atoms with E-state index in [1.54, 1.807) is 6.92 Å². The molecule has 1 amide bonds. The fourth-order valence-corrected chi connectivity index (χ4v) is 1.21. The molecule has 18 heavy (non-hydrogen) atoms. The first-order chi connectivity index (χ1) is 8.56. The lowest BCUT2D eigenvalue weighted by Crippen LogP contribution is -2.32. The van der Waals surface area contributed by atoms with Gasteiger partial charge in [0.1, 0.15) is 12.2 Å². The molecule has 0 saturated carbocycles. The van der Waals surface area contributed by atoms with Crippen LogP contribution in [-0.4, -0.2) is 41.1 Å². The van der Waals surface area contributed by atoms with Gasteiger partial charge in [-0.15, -0.1) is 0 Å². The van der Waals surface area contributed by atoms with E-state index in [-0.39, 0.29) is 24.4 Å². The van der Waals surface area contributed by atoms with Crippen molar-refractivity contribution >= 4 is 17.8 Å². The molecule has 0 radical (unpaired) electrons. The topological polar surface area (TPSA) is 106 Å². The van der Waals surface area contributed by atoms with Crippen molar-refractivity contribution in [2.24, 2.45) is 0 Å². The molecule has 0 bridgehead atoms. The van der Waals surface area contributed by atoms with Crippen LogP contribution in [0.3, 0.4) is 0 Å². The summed E-state index contributed by atoms with van der Waals surface area (Å²) in [7, 11) is 0. The van der Waals surface area contributed by atoms with E-state index in [2.05, 4.69) is 15.0 Å². The Labute approximate surface area is 103 Å². The average molecular weight is 252 g/mol. The highest BCUT2D eigenvalue weighted by Gasteiger charge is 2.18. The van der Waals surface area contributed by atoms with E-state index in [4.69, 9.17) is 5.11 Å². The van der Waals surface area contributed by atoms with Gasteiger partial charge in [-0.05, 0) is 19.1 Å². The van der Waals surface area contributed by atoms with Gasteiger partial charge in [0.05, 0.1) is 12.2 Å². The standard InChI is InChI=1S/C11H12N2O5/c1-2-18-8(14)6-13-10(15)9-7(11(16)17)4-3-5-12-9/h3-5H,2,6H2,1H3,(H,13,15)(H,16,17). The van der Waals surface area contributed by atoms with Gasteiger partial charge < -0.3 is 15.2 Å². The summed E-state index contributed by atoms with van der Waals surface area (Å²) in [5.41, 5.74) is -0.465. The number of carbonyl (C=O) groups is 3. The van der Waals surface area contributed by atoms with Crippen LogP contribution in [0.15, 0.2) is 18.3 Å². The molecule has 0 saturated heterocycles. The molecular weight excluding hydrogens is 240 g/mol. The Morgan fingerprint density at radius 2 is 2.17 bits per heavy atom. The van der Waals surface area contributed by atoms with Gasteiger partial charge in [-0.3, -0.25) is 14.6 Å². The third-order valence-corrected chi connectivity index (χ3v) is 1.95. The molecule has 2 N–H and O–H groups in total. The number of pyridine rings is 1. The minimum Gasteiger partial charge on any atom is -0.478 e. The number of ether oxygens (including phenoxy) is 1. The van der Waals surface area contributed by atoms with Gasteiger partial charge in [0.25, 0.3) is 5.91 Å². The predicted molar refractivity (Wildman–Crippen MR) is 60.2 cm³/mol. The number of esters is 1. The highest BCUT2D eigenvalue weighted by Crippen LogP contribution is 2.04. The molecular formula is C11H12N2O5. The molecule has 0 atom stereocenters. The molecule has 7 nitrogen and oxygen atoms in total. The van der Waals surface area contributed by atoms with Crippen LogP contribution < -0.4 is 5.32 Å². The summed E-state index contributed by atoms with van der Waals surface area (Å²) in [5.74, 6) is -2.59. The summed E-state index contributed by atoms with van der Waals surface area (Å²) in [5, 5.41) is 11.1. The minimum atomic E-state index is -1.26. The highest BCUT2D eigenvalue weighted by atomic mass is 16.5. The lowest BCUT2D eigenvalue weighted by molar-refractivity contribution is -0.141. The summed E-state index contributed by atoms with van der Waals surface area (Å²) in [4.78, 5) is 37.2. The van der Waals surface area contributed by atoms with Crippen LogP contribution in [-0.2, 0) is 9.53 Å². The predicted octanol–water partition coefficient (Wildman–Crippen LogP) is 0.0727. The van der Waals surface area contributed by atoms with E-state index in [9.17, 15) is 14.4 Å². The molecule has 96 valence electrons. The second kappa shape index (κ2) is 6.33. The summed E-state index contributed by atoms with van der Waals surface area (Å²) in [6, 6.07) is 2.67. The first-order valence-electron chi connectivity index (χ1n) is 5.18. The maximum atomic E-state index is 11.6. The van der Waals surface area contributed by atoms with Crippen molar-refractivity contribution in [2.75, 3.05) is 13.2 Å². The largest absolute Gasteiger partial charge is 0.478 e. The maximum absolute atomic E-state index is 11.6. The quantitative estimate of drug-likeness (QED) is 0.718. The lowest BCUT2D eigenvalue weighted by atomic mass is 10.2. The number of nitrogens with one attached hydrogen (secondary N) is 1. The van der Waals surface area contributed by atoms with Crippen LogP contribution in [0.25, 0.3) is 0 Å². The fourth-order valence-electron chi connectivity index (χ4n) is 1.21. The number of hydrogen-bond acceptors (Lipinski definition) is 5. The Kier molecular flexibility index (Phi) is 4.79. The van der Waals surface area contributed by atoms with Gasteiger partial charge in [0.15, 0.2) is 0 Å². The molecule has 7 heteroatoms. The maximum Gasteiger partial charge on any atom is 0.338 e. The zero-order valence-electron chi connectivity index (χ0n) is 9.67. The number of carbonyl (C=O) groups excluding carboxylic acids is 2. The number of rotatable bonds is 5. The van der Waals surface area contributed by atoms with Gasteiger partial charge in [0, 0.05) is 6.20 Å². The van der Waals surface area contributed by atoms with Crippen molar-refractivity contribution in [1.82, 2.24) is 10.3 Å². The molecule has 0 aliphatic heterocycles. The van der Waals surface area contributed by atoms with Crippen LogP contribution >= 0.6 is 0 Å². The molecule has 1 aromatic heterocycles. The summed E-state index contributed by atoms with van der Waals surface area (Å²) < 4.78 is 4.62. The molecule has 0 aromatic carbocycles. The number of carboxylic acid groups (broad SMARTS) is 1. The van der Waals surface area contributed by atoms with E-state index >= 15 is 0 Å². The van der Waals surface area contributed by atoms with Gasteiger partial charge in [-0.25, -0.2) is 4.79 Å². The highest BCUT2D eigenvalue weighted by molar-refractivity contribution is 6.03. The molecule has 1 rings (SSSR count). The second-order valence-electron chi connectivity index (χ2n) is 3.19. The summed E-state index contributed by atoms with van der Waals surface area (Å²) >= 11 is 0. The lowest BCUT2D eigenvalue weighted by Gasteiger charge is -2.06. The van der Waals surface area contributed by atoms with Crippen molar-refractivity contribution in [3.63, 3.8) is 0 Å². The van der Waals surface area contributed by atoms with E-state index in [0.29, 0.717) is 0 Å². The molecule has 0 spiro atoms. The average Bonchev–Trinajstić information content (AvgIpc) is 2.36. The first-order valence-corrected chi connectivity index (χ1v) is 5.18. The number of hydrogen-bond donors (Lipinski definition) is 2. The number of carboxylic acids is 1. The van der Waals surface area contributed by atoms with Crippen molar-refractivity contribution in [3.8, 4) is 0 Å². The van der Waals surface area contributed by atoms with Crippen LogP contribution in [0.1, 0.15) is 27.8 Å². The second-order valence-corrected chi connectivity index (χ2v) is 3.19. The van der Waals surface area contributed by atoms with Gasteiger partial charge in [0.2, 0.25) is 0 Å².